The Morgan fingerprint density at radius 2 is 1.79 bits per heavy atom. The summed E-state index contributed by atoms with van der Waals surface area (Å²) in [5, 5.41) is 0. The summed E-state index contributed by atoms with van der Waals surface area (Å²) < 4.78 is 17.9. The highest BCUT2D eigenvalue weighted by Gasteiger charge is 2.28. The third-order valence-corrected chi connectivity index (χ3v) is 4.59. The molecule has 0 saturated carbocycles. The molecule has 2 aromatic carbocycles. The molecule has 1 saturated heterocycles. The summed E-state index contributed by atoms with van der Waals surface area (Å²) in [6.45, 7) is 4.22. The van der Waals surface area contributed by atoms with Crippen LogP contribution in [0.5, 0.6) is 11.5 Å². The van der Waals surface area contributed by atoms with Gasteiger partial charge in [-0.15, -0.1) is 0 Å². The lowest BCUT2D eigenvalue weighted by Crippen LogP contribution is -2.40. The number of nitrogens with zero attached hydrogens (tertiary/aromatic N) is 1. The van der Waals surface area contributed by atoms with Gasteiger partial charge in [-0.3, -0.25) is 4.90 Å². The minimum absolute atomic E-state index is 0.0905. The summed E-state index contributed by atoms with van der Waals surface area (Å²) in [5.41, 5.74) is 1.23. The fraction of sp³-hybridized carbons (Fsp3) is 0.400. The summed E-state index contributed by atoms with van der Waals surface area (Å²) in [4.78, 5) is 2.41. The van der Waals surface area contributed by atoms with E-state index in [-0.39, 0.29) is 6.10 Å². The Labute approximate surface area is 142 Å². The molecule has 0 radical (unpaired) electrons. The zero-order valence-corrected chi connectivity index (χ0v) is 13.8. The first-order chi connectivity index (χ1) is 11.9. The van der Waals surface area contributed by atoms with E-state index in [1.54, 1.807) is 0 Å². The molecule has 0 amide bonds. The number of hydrogen-bond donors (Lipinski definition) is 0. The van der Waals surface area contributed by atoms with E-state index in [1.807, 2.05) is 30.3 Å². The Balaban J connectivity index is 1.24. The van der Waals surface area contributed by atoms with Crippen LogP contribution in [0.15, 0.2) is 54.6 Å². The normalized spacial score (nSPS) is 23.3. The summed E-state index contributed by atoms with van der Waals surface area (Å²) in [5.74, 6) is 1.70. The molecule has 2 atom stereocenters. The molecular formula is C20H23NO3. The van der Waals surface area contributed by atoms with Gasteiger partial charge in [-0.05, 0) is 24.1 Å². The highest BCUT2D eigenvalue weighted by atomic mass is 16.6. The van der Waals surface area contributed by atoms with E-state index in [1.165, 1.54) is 5.56 Å². The van der Waals surface area contributed by atoms with Gasteiger partial charge in [0.1, 0.15) is 12.7 Å². The highest BCUT2D eigenvalue weighted by Crippen LogP contribution is 2.31. The zero-order chi connectivity index (χ0) is 16.2. The number of likely N-dealkylation sites (tertiary alicyclic amines) is 1. The van der Waals surface area contributed by atoms with Crippen molar-refractivity contribution in [2.75, 3.05) is 26.2 Å². The van der Waals surface area contributed by atoms with E-state index in [4.69, 9.17) is 14.2 Å². The van der Waals surface area contributed by atoms with E-state index >= 15 is 0 Å². The average Bonchev–Trinajstić information content (AvgIpc) is 3.08. The van der Waals surface area contributed by atoms with Crippen molar-refractivity contribution in [3.05, 3.63) is 60.2 Å². The number of hydrogen-bond acceptors (Lipinski definition) is 4. The van der Waals surface area contributed by atoms with Crippen molar-refractivity contribution < 1.29 is 14.2 Å². The third-order valence-electron chi connectivity index (χ3n) is 4.59. The van der Waals surface area contributed by atoms with Crippen molar-refractivity contribution in [3.8, 4) is 11.5 Å². The van der Waals surface area contributed by atoms with Gasteiger partial charge in [-0.1, -0.05) is 42.5 Å². The molecule has 4 heteroatoms. The molecule has 4 nitrogen and oxygen atoms in total. The number of benzene rings is 2. The lowest BCUT2D eigenvalue weighted by atomic mass is 10.2. The lowest BCUT2D eigenvalue weighted by Gasteiger charge is -2.29. The lowest BCUT2D eigenvalue weighted by molar-refractivity contribution is 0.0348. The minimum atomic E-state index is 0.0905. The fourth-order valence-corrected chi connectivity index (χ4v) is 3.33. The first kappa shape index (κ1) is 15.5. The number of ether oxygens (including phenoxy) is 3. The summed E-state index contributed by atoms with van der Waals surface area (Å²) in [6, 6.07) is 18.2. The van der Waals surface area contributed by atoms with Crippen molar-refractivity contribution in [3.63, 3.8) is 0 Å². The maximum absolute atomic E-state index is 6.05. The molecule has 2 heterocycles. The molecule has 0 aliphatic carbocycles. The van der Waals surface area contributed by atoms with Crippen molar-refractivity contribution in [2.24, 2.45) is 0 Å². The molecule has 0 spiro atoms. The number of fused-ring (bicyclic) bond motifs is 1. The van der Waals surface area contributed by atoms with Crippen LogP contribution in [0.1, 0.15) is 12.0 Å². The van der Waals surface area contributed by atoms with Crippen molar-refractivity contribution in [1.82, 2.24) is 4.90 Å². The molecule has 126 valence electrons. The van der Waals surface area contributed by atoms with Gasteiger partial charge < -0.3 is 14.2 Å². The van der Waals surface area contributed by atoms with Gasteiger partial charge in [-0.2, -0.15) is 0 Å². The highest BCUT2D eigenvalue weighted by molar-refractivity contribution is 5.40. The van der Waals surface area contributed by atoms with Crippen LogP contribution in [0.3, 0.4) is 0 Å². The topological polar surface area (TPSA) is 30.9 Å². The standard InChI is InChI=1S/C20H23NO3/c1-2-6-16(7-3-1)14-22-17-10-11-21(12-17)13-18-15-23-19-8-4-5-9-20(19)24-18/h1-9,17-18H,10-15H2. The maximum Gasteiger partial charge on any atom is 0.161 e. The average molecular weight is 325 g/mol. The Morgan fingerprint density at radius 3 is 2.67 bits per heavy atom. The summed E-state index contributed by atoms with van der Waals surface area (Å²) >= 11 is 0. The van der Waals surface area contributed by atoms with Gasteiger partial charge in [0.25, 0.3) is 0 Å². The SMILES string of the molecule is c1ccc(COC2CCN(CC3COc4ccccc4O3)C2)cc1. The first-order valence-corrected chi connectivity index (χ1v) is 8.63. The van der Waals surface area contributed by atoms with Crippen LogP contribution in [0.2, 0.25) is 0 Å². The molecule has 0 aromatic heterocycles. The van der Waals surface area contributed by atoms with Gasteiger partial charge in [0.15, 0.2) is 11.5 Å². The van der Waals surface area contributed by atoms with Gasteiger partial charge in [0.2, 0.25) is 0 Å². The van der Waals surface area contributed by atoms with Crippen LogP contribution in [0.25, 0.3) is 0 Å². The first-order valence-electron chi connectivity index (χ1n) is 8.63. The monoisotopic (exact) mass is 325 g/mol. The van der Waals surface area contributed by atoms with Crippen molar-refractivity contribution >= 4 is 0 Å². The maximum atomic E-state index is 6.05. The Kier molecular flexibility index (Phi) is 4.67. The number of rotatable bonds is 5. The minimum Gasteiger partial charge on any atom is -0.486 e. The smallest absolute Gasteiger partial charge is 0.161 e. The zero-order valence-electron chi connectivity index (χ0n) is 13.8. The number of para-hydroxylation sites is 2. The molecule has 2 aliphatic rings. The molecule has 2 aromatic rings. The van der Waals surface area contributed by atoms with Crippen LogP contribution in [-0.2, 0) is 11.3 Å². The largest absolute Gasteiger partial charge is 0.486 e. The van der Waals surface area contributed by atoms with Crippen molar-refractivity contribution in [1.29, 1.82) is 0 Å². The Hall–Kier alpha value is -2.04. The second-order valence-electron chi connectivity index (χ2n) is 6.46. The van der Waals surface area contributed by atoms with Crippen LogP contribution >= 0.6 is 0 Å². The van der Waals surface area contributed by atoms with Gasteiger partial charge in [0.05, 0.1) is 12.7 Å². The van der Waals surface area contributed by atoms with E-state index in [0.29, 0.717) is 19.3 Å². The van der Waals surface area contributed by atoms with E-state index in [2.05, 4.69) is 29.2 Å². The van der Waals surface area contributed by atoms with Crippen LogP contribution in [0.4, 0.5) is 0 Å². The molecule has 0 N–H and O–H groups in total. The molecule has 4 rings (SSSR count). The predicted molar refractivity (Wildman–Crippen MR) is 92.4 cm³/mol. The van der Waals surface area contributed by atoms with E-state index in [0.717, 1.165) is 37.6 Å². The predicted octanol–water partition coefficient (Wildman–Crippen LogP) is 3.12. The Bertz CT molecular complexity index is 661. The third kappa shape index (κ3) is 3.71. The quantitative estimate of drug-likeness (QED) is 0.845. The van der Waals surface area contributed by atoms with Crippen molar-refractivity contribution in [2.45, 2.75) is 25.2 Å². The van der Waals surface area contributed by atoms with E-state index in [9.17, 15) is 0 Å². The second kappa shape index (κ2) is 7.24. The van der Waals surface area contributed by atoms with Gasteiger partial charge in [0, 0.05) is 19.6 Å². The van der Waals surface area contributed by atoms with E-state index < -0.39 is 0 Å². The molecule has 2 aliphatic heterocycles. The summed E-state index contributed by atoms with van der Waals surface area (Å²) in [7, 11) is 0. The van der Waals surface area contributed by atoms with Crippen LogP contribution in [-0.4, -0.2) is 43.3 Å². The fourth-order valence-electron chi connectivity index (χ4n) is 3.33. The van der Waals surface area contributed by atoms with Crippen LogP contribution < -0.4 is 9.47 Å². The Morgan fingerprint density at radius 1 is 1.00 bits per heavy atom. The van der Waals surface area contributed by atoms with Gasteiger partial charge >= 0.3 is 0 Å². The molecule has 2 unspecified atom stereocenters. The molecule has 1 fully saturated rings. The van der Waals surface area contributed by atoms with Gasteiger partial charge in [-0.25, -0.2) is 0 Å². The molecular weight excluding hydrogens is 302 g/mol. The van der Waals surface area contributed by atoms with Crippen LogP contribution in [0, 0.1) is 0 Å². The molecule has 0 bridgehead atoms. The summed E-state index contributed by atoms with van der Waals surface area (Å²) in [6.07, 6.45) is 1.48. The second-order valence-corrected chi connectivity index (χ2v) is 6.46. The molecule has 24 heavy (non-hydrogen) atoms.